The van der Waals surface area contributed by atoms with E-state index in [0.717, 1.165) is 6.07 Å². The van der Waals surface area contributed by atoms with Crippen molar-refractivity contribution < 1.29 is 27.4 Å². The summed E-state index contributed by atoms with van der Waals surface area (Å²) in [5.41, 5.74) is 1.83. The van der Waals surface area contributed by atoms with Crippen LogP contribution in [0.25, 0.3) is 11.1 Å². The Bertz CT molecular complexity index is 814. The number of aromatic nitrogens is 1. The first-order valence-corrected chi connectivity index (χ1v) is 7.10. The van der Waals surface area contributed by atoms with E-state index >= 15 is 0 Å². The number of alkyl halides is 3. The fraction of sp³-hybridized carbons (Fsp3) is 0.250. The van der Waals surface area contributed by atoms with Crippen molar-refractivity contribution in [3.05, 3.63) is 51.9 Å². The lowest BCUT2D eigenvalue weighted by Gasteiger charge is -2.14. The molecule has 3 N–H and O–H groups in total. The van der Waals surface area contributed by atoms with Gasteiger partial charge in [0.25, 0.3) is 11.5 Å². The Hall–Kier alpha value is -2.81. The molecule has 0 bridgehead atoms. The molecule has 134 valence electrons. The molecule has 25 heavy (non-hydrogen) atoms. The van der Waals surface area contributed by atoms with Gasteiger partial charge in [0.1, 0.15) is 23.6 Å². The predicted octanol–water partition coefficient (Wildman–Crippen LogP) is 2.18. The van der Waals surface area contributed by atoms with Crippen molar-refractivity contribution in [3.63, 3.8) is 0 Å². The van der Waals surface area contributed by atoms with Gasteiger partial charge in [-0.1, -0.05) is 12.1 Å². The number of methoxy groups -OCH3 is 1. The number of hydrogen-bond acceptors (Lipinski definition) is 4. The summed E-state index contributed by atoms with van der Waals surface area (Å²) >= 11 is 0. The molecule has 1 aromatic heterocycles. The fourth-order valence-electron chi connectivity index (χ4n) is 2.14. The number of aromatic amines is 1. The van der Waals surface area contributed by atoms with Gasteiger partial charge < -0.3 is 20.2 Å². The molecule has 1 amide bonds. The molecule has 0 radical (unpaired) electrons. The number of nitrogens with two attached hydrogens (primary N) is 1. The van der Waals surface area contributed by atoms with Gasteiger partial charge in [-0.2, -0.15) is 13.2 Å². The number of ether oxygens (including phenoxy) is 2. The Morgan fingerprint density at radius 1 is 1.20 bits per heavy atom. The third-order valence-electron chi connectivity index (χ3n) is 3.31. The van der Waals surface area contributed by atoms with Crippen LogP contribution in [0.3, 0.4) is 0 Å². The van der Waals surface area contributed by atoms with Crippen LogP contribution in [0.1, 0.15) is 16.1 Å². The Balaban J connectivity index is 2.47. The van der Waals surface area contributed by atoms with E-state index in [4.69, 9.17) is 15.2 Å². The quantitative estimate of drug-likeness (QED) is 0.776. The number of nitrogens with one attached hydrogen (secondary N) is 1. The molecule has 0 aliphatic carbocycles. The number of halogens is 3. The zero-order valence-corrected chi connectivity index (χ0v) is 13.1. The highest BCUT2D eigenvalue weighted by molar-refractivity contribution is 5.93. The summed E-state index contributed by atoms with van der Waals surface area (Å²) in [7, 11) is 1.51. The summed E-state index contributed by atoms with van der Waals surface area (Å²) in [6.07, 6.45) is -4.81. The zero-order valence-electron chi connectivity index (χ0n) is 13.1. The van der Waals surface area contributed by atoms with E-state index in [-0.39, 0.29) is 17.7 Å². The SMILES string of the molecule is COCCOc1ccc(-c2cc(C(N)=O)c(=O)[nH]c2C(F)(F)F)cc1. The van der Waals surface area contributed by atoms with Gasteiger partial charge in [-0.3, -0.25) is 9.59 Å². The second-order valence-corrected chi connectivity index (χ2v) is 5.03. The first-order valence-electron chi connectivity index (χ1n) is 7.10. The molecule has 0 unspecified atom stereocenters. The van der Waals surface area contributed by atoms with Crippen molar-refractivity contribution in [2.24, 2.45) is 5.73 Å². The van der Waals surface area contributed by atoms with Crippen LogP contribution in [0.5, 0.6) is 5.75 Å². The highest BCUT2D eigenvalue weighted by atomic mass is 19.4. The topological polar surface area (TPSA) is 94.4 Å². The minimum atomic E-state index is -4.81. The number of carbonyl (C=O) groups is 1. The molecule has 0 aliphatic heterocycles. The molecular weight excluding hydrogens is 341 g/mol. The maximum atomic E-state index is 13.2. The number of benzene rings is 1. The maximum Gasteiger partial charge on any atom is 0.431 e. The van der Waals surface area contributed by atoms with Gasteiger partial charge in [-0.15, -0.1) is 0 Å². The van der Waals surface area contributed by atoms with Gasteiger partial charge in [0, 0.05) is 12.7 Å². The highest BCUT2D eigenvalue weighted by Gasteiger charge is 2.36. The first kappa shape index (κ1) is 18.5. The van der Waals surface area contributed by atoms with E-state index in [2.05, 4.69) is 0 Å². The van der Waals surface area contributed by atoms with E-state index in [0.29, 0.717) is 12.4 Å². The number of H-pyrrole nitrogens is 1. The molecule has 2 aromatic rings. The van der Waals surface area contributed by atoms with E-state index in [1.54, 1.807) is 4.98 Å². The van der Waals surface area contributed by atoms with Crippen molar-refractivity contribution in [3.8, 4) is 16.9 Å². The molecule has 9 heteroatoms. The molecule has 2 rings (SSSR count). The Labute approximate surface area is 140 Å². The summed E-state index contributed by atoms with van der Waals surface area (Å²) in [5.74, 6) is -0.676. The number of primary amides is 1. The van der Waals surface area contributed by atoms with E-state index in [1.807, 2.05) is 0 Å². The van der Waals surface area contributed by atoms with Gasteiger partial charge in [0.05, 0.1) is 6.61 Å². The summed E-state index contributed by atoms with van der Waals surface area (Å²) in [6, 6.07) is 6.55. The zero-order chi connectivity index (χ0) is 18.6. The minimum Gasteiger partial charge on any atom is -0.491 e. The second-order valence-electron chi connectivity index (χ2n) is 5.03. The van der Waals surface area contributed by atoms with Crippen LogP contribution in [0.4, 0.5) is 13.2 Å². The average molecular weight is 356 g/mol. The maximum absolute atomic E-state index is 13.2. The highest BCUT2D eigenvalue weighted by Crippen LogP contribution is 2.35. The number of carbonyl (C=O) groups excluding carboxylic acids is 1. The molecule has 0 saturated heterocycles. The molecule has 0 aliphatic rings. The summed E-state index contributed by atoms with van der Waals surface area (Å²) in [6.45, 7) is 0.649. The normalized spacial score (nSPS) is 11.4. The smallest absolute Gasteiger partial charge is 0.431 e. The lowest BCUT2D eigenvalue weighted by Crippen LogP contribution is -2.27. The van der Waals surface area contributed by atoms with Crippen molar-refractivity contribution in [1.82, 2.24) is 4.98 Å². The largest absolute Gasteiger partial charge is 0.491 e. The molecule has 0 spiro atoms. The summed E-state index contributed by atoms with van der Waals surface area (Å²) in [4.78, 5) is 24.6. The Kier molecular flexibility index (Phi) is 5.48. The van der Waals surface area contributed by atoms with E-state index in [1.165, 1.54) is 31.4 Å². The van der Waals surface area contributed by atoms with E-state index in [9.17, 15) is 22.8 Å². The van der Waals surface area contributed by atoms with E-state index < -0.39 is 28.9 Å². The minimum absolute atomic E-state index is 0.144. The van der Waals surface area contributed by atoms with Gasteiger partial charge >= 0.3 is 6.18 Å². The van der Waals surface area contributed by atoms with Crippen molar-refractivity contribution in [1.29, 1.82) is 0 Å². The molecular formula is C16H15F3N2O4. The lowest BCUT2D eigenvalue weighted by molar-refractivity contribution is -0.140. The first-order chi connectivity index (χ1) is 11.7. The third kappa shape index (κ3) is 4.38. The van der Waals surface area contributed by atoms with Crippen LogP contribution in [-0.4, -0.2) is 31.2 Å². The van der Waals surface area contributed by atoms with Gasteiger partial charge in [0.15, 0.2) is 0 Å². The molecule has 1 heterocycles. The molecule has 6 nitrogen and oxygen atoms in total. The van der Waals surface area contributed by atoms with Crippen molar-refractivity contribution in [2.45, 2.75) is 6.18 Å². The molecule has 1 aromatic carbocycles. The van der Waals surface area contributed by atoms with Crippen molar-refractivity contribution >= 4 is 5.91 Å². The summed E-state index contributed by atoms with van der Waals surface area (Å²) < 4.78 is 49.8. The van der Waals surface area contributed by atoms with Crippen molar-refractivity contribution in [2.75, 3.05) is 20.3 Å². The lowest BCUT2D eigenvalue weighted by atomic mass is 10.0. The standard InChI is InChI=1S/C16H15F3N2O4/c1-24-6-7-25-10-4-2-9(3-5-10)11-8-12(14(20)22)15(23)21-13(11)16(17,18)19/h2-5,8H,6-7H2,1H3,(H2,20,22)(H,21,23). The van der Waals surface area contributed by atoms with Crippen LogP contribution in [-0.2, 0) is 10.9 Å². The number of amides is 1. The second kappa shape index (κ2) is 7.39. The van der Waals surface area contributed by atoms with Gasteiger partial charge in [-0.05, 0) is 23.8 Å². The molecule has 0 atom stereocenters. The van der Waals surface area contributed by atoms with Crippen LogP contribution >= 0.6 is 0 Å². The van der Waals surface area contributed by atoms with Crippen LogP contribution < -0.4 is 16.0 Å². The Morgan fingerprint density at radius 2 is 1.84 bits per heavy atom. The fourth-order valence-corrected chi connectivity index (χ4v) is 2.14. The summed E-state index contributed by atoms with van der Waals surface area (Å²) in [5, 5.41) is 0. The number of pyridine rings is 1. The van der Waals surface area contributed by atoms with Gasteiger partial charge in [-0.25, -0.2) is 0 Å². The van der Waals surface area contributed by atoms with Crippen LogP contribution in [0, 0.1) is 0 Å². The number of rotatable bonds is 6. The van der Waals surface area contributed by atoms with Crippen LogP contribution in [0.15, 0.2) is 35.1 Å². The van der Waals surface area contributed by atoms with Gasteiger partial charge in [0.2, 0.25) is 0 Å². The third-order valence-corrected chi connectivity index (χ3v) is 3.31. The van der Waals surface area contributed by atoms with Crippen LogP contribution in [0.2, 0.25) is 0 Å². The molecule has 0 saturated carbocycles. The molecule has 0 fully saturated rings. The monoisotopic (exact) mass is 356 g/mol. The average Bonchev–Trinajstić information content (AvgIpc) is 2.54. The number of hydrogen-bond donors (Lipinski definition) is 2. The predicted molar refractivity (Wildman–Crippen MR) is 83.4 cm³/mol. The Morgan fingerprint density at radius 3 is 2.36 bits per heavy atom.